The lowest BCUT2D eigenvalue weighted by atomic mass is 10.1. The van der Waals surface area contributed by atoms with Crippen LogP contribution < -0.4 is 15.4 Å². The Hall–Kier alpha value is -2.29. The third-order valence-electron chi connectivity index (χ3n) is 3.15. The highest BCUT2D eigenvalue weighted by Gasteiger charge is 2.21. The molecule has 3 N–H and O–H groups in total. The van der Waals surface area contributed by atoms with E-state index in [0.717, 1.165) is 3.57 Å². The van der Waals surface area contributed by atoms with Crippen molar-refractivity contribution < 1.29 is 19.4 Å². The van der Waals surface area contributed by atoms with E-state index in [1.165, 1.54) is 12.0 Å². The average molecular weight is 426 g/mol. The number of aliphatic carboxylic acids is 1. The number of urea groups is 1. The second kappa shape index (κ2) is 7.32. The minimum atomic E-state index is -0.941. The number of primary amides is 1. The Morgan fingerprint density at radius 1 is 1.22 bits per heavy atom. The van der Waals surface area contributed by atoms with Crippen molar-refractivity contribution in [2.45, 2.75) is 6.42 Å². The Bertz CT molecular complexity index is 749. The molecule has 0 saturated carbocycles. The summed E-state index contributed by atoms with van der Waals surface area (Å²) >= 11 is 2.11. The lowest BCUT2D eigenvalue weighted by molar-refractivity contribution is -0.136. The predicted octanol–water partition coefficient (Wildman–Crippen LogP) is 3.14. The van der Waals surface area contributed by atoms with Gasteiger partial charge in [-0.25, -0.2) is 4.79 Å². The van der Waals surface area contributed by atoms with Gasteiger partial charge in [-0.1, -0.05) is 18.2 Å². The molecule has 0 aliphatic carbocycles. The summed E-state index contributed by atoms with van der Waals surface area (Å²) in [6, 6.07) is 11.5. The SMILES string of the molecule is COc1cc(CC(=O)O)ccc1N(C(N)=O)c1ccccc1I. The van der Waals surface area contributed by atoms with Gasteiger partial charge in [0, 0.05) is 3.57 Å². The fraction of sp³-hybridized carbons (Fsp3) is 0.125. The van der Waals surface area contributed by atoms with Crippen molar-refractivity contribution in [1.82, 2.24) is 0 Å². The zero-order valence-corrected chi connectivity index (χ0v) is 14.5. The van der Waals surface area contributed by atoms with Crippen molar-refractivity contribution in [2.75, 3.05) is 12.0 Å². The Morgan fingerprint density at radius 2 is 1.91 bits per heavy atom. The van der Waals surface area contributed by atoms with Gasteiger partial charge in [-0.05, 0) is 52.4 Å². The van der Waals surface area contributed by atoms with E-state index in [2.05, 4.69) is 22.6 Å². The van der Waals surface area contributed by atoms with Gasteiger partial charge < -0.3 is 15.6 Å². The van der Waals surface area contributed by atoms with Crippen LogP contribution in [0.15, 0.2) is 42.5 Å². The molecular weight excluding hydrogens is 411 g/mol. The van der Waals surface area contributed by atoms with Crippen LogP contribution in [0.2, 0.25) is 0 Å². The molecule has 0 saturated heterocycles. The smallest absolute Gasteiger partial charge is 0.324 e. The molecule has 120 valence electrons. The van der Waals surface area contributed by atoms with Crippen LogP contribution in [0.4, 0.5) is 16.2 Å². The normalized spacial score (nSPS) is 10.2. The first-order chi connectivity index (χ1) is 10.9. The van der Waals surface area contributed by atoms with Gasteiger partial charge >= 0.3 is 12.0 Å². The van der Waals surface area contributed by atoms with Crippen LogP contribution in [0, 0.1) is 3.57 Å². The Kier molecular flexibility index (Phi) is 5.43. The summed E-state index contributed by atoms with van der Waals surface area (Å²) in [5, 5.41) is 8.89. The first-order valence-corrected chi connectivity index (χ1v) is 7.74. The Labute approximate surface area is 147 Å². The average Bonchev–Trinajstić information content (AvgIpc) is 2.49. The van der Waals surface area contributed by atoms with E-state index in [1.807, 2.05) is 12.1 Å². The largest absolute Gasteiger partial charge is 0.495 e. The van der Waals surface area contributed by atoms with Crippen molar-refractivity contribution in [1.29, 1.82) is 0 Å². The summed E-state index contributed by atoms with van der Waals surface area (Å²) < 4.78 is 6.16. The van der Waals surface area contributed by atoms with Gasteiger partial charge in [-0.2, -0.15) is 0 Å². The number of anilines is 2. The minimum absolute atomic E-state index is 0.129. The van der Waals surface area contributed by atoms with E-state index < -0.39 is 12.0 Å². The number of carboxylic acid groups (broad SMARTS) is 1. The molecule has 2 aromatic rings. The second-order valence-electron chi connectivity index (χ2n) is 4.70. The number of benzene rings is 2. The van der Waals surface area contributed by atoms with E-state index in [4.69, 9.17) is 15.6 Å². The number of amides is 2. The maximum absolute atomic E-state index is 12.0. The van der Waals surface area contributed by atoms with Gasteiger partial charge in [-0.3, -0.25) is 9.69 Å². The second-order valence-corrected chi connectivity index (χ2v) is 5.86. The molecular formula is C16H15IN2O4. The number of carbonyl (C=O) groups excluding carboxylic acids is 1. The van der Waals surface area contributed by atoms with Crippen molar-refractivity contribution >= 4 is 46.0 Å². The quantitative estimate of drug-likeness (QED) is 0.719. The van der Waals surface area contributed by atoms with Crippen molar-refractivity contribution in [3.8, 4) is 5.75 Å². The summed E-state index contributed by atoms with van der Waals surface area (Å²) in [6.45, 7) is 0. The number of hydrogen-bond acceptors (Lipinski definition) is 3. The van der Waals surface area contributed by atoms with Gasteiger partial charge in [0.2, 0.25) is 0 Å². The number of nitrogens with zero attached hydrogens (tertiary/aromatic N) is 1. The standard InChI is InChI=1S/C16H15IN2O4/c1-23-14-8-10(9-15(20)21)6-7-13(14)19(16(18)22)12-5-3-2-4-11(12)17/h2-8H,9H2,1H3,(H2,18,22)(H,20,21). The molecule has 0 atom stereocenters. The molecule has 0 unspecified atom stereocenters. The maximum Gasteiger partial charge on any atom is 0.324 e. The molecule has 0 radical (unpaired) electrons. The molecule has 0 aliphatic heterocycles. The molecule has 0 aromatic heterocycles. The zero-order valence-electron chi connectivity index (χ0n) is 12.3. The molecule has 6 nitrogen and oxygen atoms in total. The van der Waals surface area contributed by atoms with Crippen molar-refractivity contribution in [3.05, 3.63) is 51.6 Å². The molecule has 0 aliphatic rings. The molecule has 0 spiro atoms. The van der Waals surface area contributed by atoms with E-state index in [9.17, 15) is 9.59 Å². The molecule has 2 amide bonds. The van der Waals surface area contributed by atoms with Gasteiger partial charge in [0.15, 0.2) is 0 Å². The summed E-state index contributed by atoms with van der Waals surface area (Å²) in [5.41, 5.74) is 7.21. The number of carboxylic acids is 1. The first kappa shape index (κ1) is 17.1. The van der Waals surface area contributed by atoms with Crippen LogP contribution in [0.1, 0.15) is 5.56 Å². The lowest BCUT2D eigenvalue weighted by Gasteiger charge is -2.24. The lowest BCUT2D eigenvalue weighted by Crippen LogP contribution is -2.32. The van der Waals surface area contributed by atoms with Crippen LogP contribution in [0.25, 0.3) is 0 Å². The first-order valence-electron chi connectivity index (χ1n) is 6.67. The summed E-state index contributed by atoms with van der Waals surface area (Å²) in [4.78, 5) is 24.2. The number of rotatable bonds is 5. The Balaban J connectivity index is 2.54. The number of nitrogens with two attached hydrogens (primary N) is 1. The Morgan fingerprint density at radius 3 is 2.48 bits per heavy atom. The maximum atomic E-state index is 12.0. The van der Waals surface area contributed by atoms with E-state index in [1.54, 1.807) is 30.3 Å². The third-order valence-corrected chi connectivity index (χ3v) is 4.07. The van der Waals surface area contributed by atoms with Crippen LogP contribution >= 0.6 is 22.6 Å². The fourth-order valence-electron chi connectivity index (χ4n) is 2.19. The van der Waals surface area contributed by atoms with Gasteiger partial charge in [-0.15, -0.1) is 0 Å². The molecule has 23 heavy (non-hydrogen) atoms. The van der Waals surface area contributed by atoms with Gasteiger partial charge in [0.1, 0.15) is 5.75 Å². The van der Waals surface area contributed by atoms with E-state index >= 15 is 0 Å². The van der Waals surface area contributed by atoms with Crippen LogP contribution in [0.3, 0.4) is 0 Å². The number of methoxy groups -OCH3 is 1. The molecule has 2 rings (SSSR count). The highest BCUT2D eigenvalue weighted by molar-refractivity contribution is 14.1. The number of hydrogen-bond donors (Lipinski definition) is 2. The number of para-hydroxylation sites is 1. The number of carbonyl (C=O) groups is 2. The van der Waals surface area contributed by atoms with Gasteiger partial charge in [0.25, 0.3) is 0 Å². The minimum Gasteiger partial charge on any atom is -0.495 e. The zero-order chi connectivity index (χ0) is 17.0. The van der Waals surface area contributed by atoms with E-state index in [-0.39, 0.29) is 6.42 Å². The van der Waals surface area contributed by atoms with Crippen LogP contribution in [-0.2, 0) is 11.2 Å². The monoisotopic (exact) mass is 426 g/mol. The van der Waals surface area contributed by atoms with Crippen molar-refractivity contribution in [2.24, 2.45) is 5.73 Å². The summed E-state index contributed by atoms with van der Waals surface area (Å²) in [5.74, 6) is -0.564. The highest BCUT2D eigenvalue weighted by atomic mass is 127. The fourth-order valence-corrected chi connectivity index (χ4v) is 2.82. The summed E-state index contributed by atoms with van der Waals surface area (Å²) in [7, 11) is 1.46. The van der Waals surface area contributed by atoms with Crippen LogP contribution in [-0.4, -0.2) is 24.2 Å². The van der Waals surface area contributed by atoms with Gasteiger partial charge in [0.05, 0.1) is 24.9 Å². The number of ether oxygens (including phenoxy) is 1. The summed E-state index contributed by atoms with van der Waals surface area (Å²) in [6.07, 6.45) is -0.129. The van der Waals surface area contributed by atoms with Crippen molar-refractivity contribution in [3.63, 3.8) is 0 Å². The predicted molar refractivity (Wildman–Crippen MR) is 95.2 cm³/mol. The molecule has 0 fully saturated rings. The third kappa shape index (κ3) is 3.92. The van der Waals surface area contributed by atoms with Crippen LogP contribution in [0.5, 0.6) is 5.75 Å². The molecule has 2 aromatic carbocycles. The van der Waals surface area contributed by atoms with E-state index in [0.29, 0.717) is 22.7 Å². The topological polar surface area (TPSA) is 92.9 Å². The molecule has 0 bridgehead atoms. The number of halogens is 1. The molecule has 0 heterocycles. The highest BCUT2D eigenvalue weighted by Crippen LogP contribution is 2.36. The molecule has 7 heteroatoms.